The molecule has 10 heteroatoms. The van der Waals surface area contributed by atoms with Gasteiger partial charge in [-0.15, -0.1) is 0 Å². The van der Waals surface area contributed by atoms with Crippen molar-refractivity contribution < 1.29 is 9.26 Å². The van der Waals surface area contributed by atoms with Crippen LogP contribution in [0.25, 0.3) is 28.6 Å². The number of aryl methyl sites for hydroxylation is 1. The van der Waals surface area contributed by atoms with Gasteiger partial charge in [-0.1, -0.05) is 66.2 Å². The molecule has 0 radical (unpaired) electrons. The van der Waals surface area contributed by atoms with Crippen molar-refractivity contribution in [1.29, 1.82) is 0 Å². The largest absolute Gasteiger partial charge is 0.381 e. The average molecular weight is 599 g/mol. The predicted octanol–water partition coefficient (Wildman–Crippen LogP) is 4.23. The van der Waals surface area contributed by atoms with E-state index in [0.29, 0.717) is 52.0 Å². The minimum Gasteiger partial charge on any atom is -0.381 e. The first-order valence-electron chi connectivity index (χ1n) is 14.7. The fraction of sp³-hybridized carbons (Fsp3) is 0.333. The van der Waals surface area contributed by atoms with Gasteiger partial charge in [-0.3, -0.25) is 9.36 Å². The molecule has 2 aliphatic heterocycles. The van der Waals surface area contributed by atoms with Gasteiger partial charge in [0.2, 0.25) is 11.7 Å². The van der Waals surface area contributed by atoms with Gasteiger partial charge in [-0.25, -0.2) is 4.99 Å². The highest BCUT2D eigenvalue weighted by atomic mass is 35.5. The van der Waals surface area contributed by atoms with E-state index in [1.807, 2.05) is 42.5 Å². The van der Waals surface area contributed by atoms with Crippen LogP contribution in [0.15, 0.2) is 74.2 Å². The second-order valence-corrected chi connectivity index (χ2v) is 11.3. The number of ether oxygens (including phenoxy) is 1. The number of benzene rings is 2. The van der Waals surface area contributed by atoms with E-state index >= 15 is 0 Å². The molecule has 9 nitrogen and oxygen atoms in total. The summed E-state index contributed by atoms with van der Waals surface area (Å²) < 4.78 is 12.5. The van der Waals surface area contributed by atoms with Crippen LogP contribution < -0.4 is 27.3 Å². The maximum Gasteiger partial charge on any atom is 0.260 e. The summed E-state index contributed by atoms with van der Waals surface area (Å²) >= 11 is 6.82. The van der Waals surface area contributed by atoms with E-state index in [9.17, 15) is 4.79 Å². The molecular formula is C33H35ClN6O3. The maximum absolute atomic E-state index is 14.4. The van der Waals surface area contributed by atoms with Gasteiger partial charge < -0.3 is 20.3 Å². The van der Waals surface area contributed by atoms with Crippen LogP contribution >= 0.6 is 11.6 Å². The average Bonchev–Trinajstić information content (AvgIpc) is 3.39. The normalized spacial score (nSPS) is 15.4. The molecule has 6 rings (SSSR count). The third-order valence-electron chi connectivity index (χ3n) is 8.04. The van der Waals surface area contributed by atoms with Crippen molar-refractivity contribution in [3.8, 4) is 22.5 Å². The molecule has 0 saturated carbocycles. The number of allylic oxidation sites excluding steroid dienone is 1. The highest BCUT2D eigenvalue weighted by Crippen LogP contribution is 2.29. The molecule has 0 unspecified atom stereocenters. The molecule has 222 valence electrons. The molecule has 2 aliphatic rings. The number of hydrogen-bond acceptors (Lipinski definition) is 8. The smallest absolute Gasteiger partial charge is 0.260 e. The van der Waals surface area contributed by atoms with E-state index in [-0.39, 0.29) is 11.6 Å². The van der Waals surface area contributed by atoms with Crippen molar-refractivity contribution in [3.05, 3.63) is 103 Å². The number of nitrogens with one attached hydrogen (secondary N) is 1. The Hall–Kier alpha value is -4.05. The lowest BCUT2D eigenvalue weighted by Crippen LogP contribution is -2.45. The van der Waals surface area contributed by atoms with Crippen molar-refractivity contribution in [2.24, 2.45) is 10.7 Å². The number of nitrogens with zero attached hydrogens (tertiary/aromatic N) is 4. The highest BCUT2D eigenvalue weighted by Gasteiger charge is 2.20. The summed E-state index contributed by atoms with van der Waals surface area (Å²) in [6.45, 7) is 6.14. The van der Waals surface area contributed by atoms with Crippen molar-refractivity contribution in [1.82, 2.24) is 20.0 Å². The van der Waals surface area contributed by atoms with Crippen LogP contribution in [0.5, 0.6) is 0 Å². The van der Waals surface area contributed by atoms with E-state index in [1.165, 1.54) is 5.57 Å². The molecule has 0 aliphatic carbocycles. The Morgan fingerprint density at radius 2 is 1.84 bits per heavy atom. The van der Waals surface area contributed by atoms with Crippen LogP contribution in [-0.4, -0.2) is 34.0 Å². The van der Waals surface area contributed by atoms with Crippen LogP contribution in [-0.2, 0) is 17.8 Å². The summed E-state index contributed by atoms with van der Waals surface area (Å²) in [4.78, 5) is 23.8. The van der Waals surface area contributed by atoms with Gasteiger partial charge in [-0.05, 0) is 54.5 Å². The molecule has 1 saturated heterocycles. The van der Waals surface area contributed by atoms with Gasteiger partial charge in [0.1, 0.15) is 11.3 Å². The second-order valence-electron chi connectivity index (χ2n) is 10.9. The second kappa shape index (κ2) is 12.7. The lowest BCUT2D eigenvalue weighted by atomic mass is 10.0. The van der Waals surface area contributed by atoms with Crippen molar-refractivity contribution >= 4 is 17.7 Å². The molecular weight excluding hydrogens is 564 g/mol. The minimum absolute atomic E-state index is 0.172. The van der Waals surface area contributed by atoms with E-state index in [0.717, 1.165) is 61.1 Å². The molecule has 4 aromatic rings. The number of aromatic nitrogens is 3. The lowest BCUT2D eigenvalue weighted by molar-refractivity contribution is 0.0802. The zero-order chi connectivity index (χ0) is 29.9. The zero-order valence-corrected chi connectivity index (χ0v) is 25.2. The molecule has 2 aromatic heterocycles. The Morgan fingerprint density at radius 1 is 1.07 bits per heavy atom. The Kier molecular flexibility index (Phi) is 8.56. The first-order valence-corrected chi connectivity index (χ1v) is 15.1. The topological polar surface area (TPSA) is 121 Å². The fourth-order valence-electron chi connectivity index (χ4n) is 5.54. The van der Waals surface area contributed by atoms with Gasteiger partial charge in [0.05, 0.1) is 6.54 Å². The van der Waals surface area contributed by atoms with Gasteiger partial charge in [0.15, 0.2) is 0 Å². The minimum atomic E-state index is -0.172. The number of nitrogens with two attached hydrogens (primary N) is 1. The van der Waals surface area contributed by atoms with Gasteiger partial charge in [0, 0.05) is 59.7 Å². The number of halogens is 1. The predicted molar refractivity (Wildman–Crippen MR) is 167 cm³/mol. The monoisotopic (exact) mass is 598 g/mol. The first-order chi connectivity index (χ1) is 20.9. The summed E-state index contributed by atoms with van der Waals surface area (Å²) in [5.74, 6) is 1.76. The van der Waals surface area contributed by atoms with Crippen LogP contribution in [0.3, 0.4) is 0 Å². The third kappa shape index (κ3) is 6.20. The van der Waals surface area contributed by atoms with Crippen molar-refractivity contribution in [2.45, 2.75) is 58.7 Å². The van der Waals surface area contributed by atoms with Gasteiger partial charge in [-0.2, -0.15) is 4.98 Å². The van der Waals surface area contributed by atoms with Crippen LogP contribution in [0, 0.1) is 6.92 Å². The first kappa shape index (κ1) is 29.0. The summed E-state index contributed by atoms with van der Waals surface area (Å²) in [5.41, 5.74) is 11.3. The third-order valence-corrected chi connectivity index (χ3v) is 8.36. The summed E-state index contributed by atoms with van der Waals surface area (Å²) in [5, 5.41) is 9.00. The van der Waals surface area contributed by atoms with Crippen molar-refractivity contribution in [3.63, 3.8) is 0 Å². The standard InChI is InChI=1S/C33H35ClN6O3/c1-3-23-8-9-25-16-28(27-11-10-24(17-29(27)34)31-36-20(2)43-39-31)33(41)40(19-22-6-4-21(18-35)5-7-22)32(25)38-30(23)37-26-12-14-42-15-13-26/h4-7,9-11,16-17,26,37H,3,8,12-15,18-19,35H2,1-2H3. The Labute approximate surface area is 254 Å². The van der Waals surface area contributed by atoms with E-state index in [1.54, 1.807) is 17.6 Å². The van der Waals surface area contributed by atoms with Crippen molar-refractivity contribution in [2.75, 3.05) is 13.2 Å². The molecule has 4 heterocycles. The Balaban J connectivity index is 1.50. The lowest BCUT2D eigenvalue weighted by Gasteiger charge is -2.25. The van der Waals surface area contributed by atoms with Crippen LogP contribution in [0.2, 0.25) is 5.02 Å². The SMILES string of the molecule is CCC1=C(NC2CCOCC2)N=c2c(cc(-c3ccc(-c4noc(C)n4)cc3Cl)c(=O)n2Cc2ccc(CN)cc2)=CC1. The molecule has 0 amide bonds. The number of rotatable bonds is 8. The van der Waals surface area contributed by atoms with Gasteiger partial charge in [0.25, 0.3) is 5.56 Å². The van der Waals surface area contributed by atoms with Crippen LogP contribution in [0.1, 0.15) is 49.6 Å². The van der Waals surface area contributed by atoms with E-state index < -0.39 is 0 Å². The maximum atomic E-state index is 14.4. The highest BCUT2D eigenvalue weighted by molar-refractivity contribution is 6.33. The molecule has 0 spiro atoms. The summed E-state index contributed by atoms with van der Waals surface area (Å²) in [6, 6.07) is 15.7. The van der Waals surface area contributed by atoms with E-state index in [4.69, 9.17) is 31.6 Å². The van der Waals surface area contributed by atoms with Gasteiger partial charge >= 0.3 is 0 Å². The summed E-state index contributed by atoms with van der Waals surface area (Å²) in [7, 11) is 0. The molecule has 0 atom stereocenters. The summed E-state index contributed by atoms with van der Waals surface area (Å²) in [6.07, 6.45) is 5.58. The zero-order valence-electron chi connectivity index (χ0n) is 24.4. The Morgan fingerprint density at radius 3 is 2.51 bits per heavy atom. The quantitative estimate of drug-likeness (QED) is 0.311. The Bertz CT molecular complexity index is 1850. The molecule has 3 N–H and O–H groups in total. The molecule has 0 bridgehead atoms. The fourth-order valence-corrected chi connectivity index (χ4v) is 5.82. The number of pyridine rings is 1. The molecule has 2 aromatic carbocycles. The number of hydrogen-bond donors (Lipinski definition) is 2. The molecule has 1 fully saturated rings. The van der Waals surface area contributed by atoms with Crippen LogP contribution in [0.4, 0.5) is 0 Å². The number of fused-ring (bicyclic) bond motifs is 1. The molecule has 43 heavy (non-hydrogen) atoms. The van der Waals surface area contributed by atoms with E-state index in [2.05, 4.69) is 28.5 Å².